The summed E-state index contributed by atoms with van der Waals surface area (Å²) in [6, 6.07) is 14.8. The molecule has 3 N–H and O–H groups in total. The van der Waals surface area contributed by atoms with Crippen molar-refractivity contribution < 1.29 is 23.9 Å². The Bertz CT molecular complexity index is 2340. The van der Waals surface area contributed by atoms with Crippen LogP contribution in [0, 0.1) is 32.6 Å². The number of carbonyl (C=O) groups is 3. The van der Waals surface area contributed by atoms with Gasteiger partial charge in [-0.3, -0.25) is 23.9 Å². The normalized spacial score (nSPS) is 20.7. The average Bonchev–Trinajstić information content (AvgIpc) is 3.99. The van der Waals surface area contributed by atoms with E-state index in [9.17, 15) is 14.4 Å². The zero-order chi connectivity index (χ0) is 46.3. The van der Waals surface area contributed by atoms with E-state index in [1.54, 1.807) is 18.4 Å². The number of amides is 3. The smallest absolute Gasteiger partial charge is 0.245 e. The summed E-state index contributed by atoms with van der Waals surface area (Å²) >= 11 is 7.93. The van der Waals surface area contributed by atoms with Crippen LogP contribution in [0.5, 0.6) is 5.75 Å². The van der Waals surface area contributed by atoms with Gasteiger partial charge in [-0.05, 0) is 121 Å². The third-order valence-electron chi connectivity index (χ3n) is 14.2. The first kappa shape index (κ1) is 47.8. The number of nitrogens with zero attached hydrogens (tertiary/aromatic N) is 6. The third kappa shape index (κ3) is 11.0. The number of aliphatic imine (C=N–C) groups is 1. The van der Waals surface area contributed by atoms with Crippen LogP contribution in [0.1, 0.15) is 103 Å². The number of aryl methyl sites for hydroxylation is 2. The van der Waals surface area contributed by atoms with Crippen LogP contribution < -0.4 is 20.7 Å². The topological polar surface area (TPSA) is 155 Å². The van der Waals surface area contributed by atoms with Gasteiger partial charge in [0.2, 0.25) is 17.7 Å². The minimum absolute atomic E-state index is 0.0976. The van der Waals surface area contributed by atoms with Crippen LogP contribution >= 0.6 is 22.9 Å². The van der Waals surface area contributed by atoms with E-state index in [1.807, 2.05) is 54.8 Å². The first-order chi connectivity index (χ1) is 32.0. The van der Waals surface area contributed by atoms with E-state index < -0.39 is 12.1 Å². The molecule has 1 aliphatic carbocycles. The Kier molecular flexibility index (Phi) is 15.9. The van der Waals surface area contributed by atoms with Crippen molar-refractivity contribution in [3.05, 3.63) is 92.3 Å². The standard InChI is InChI=1S/C50H66ClN9O5S/c1-31-33(3)66-50-44(31)45(38-13-15-39(51)16-14-38)54-41(47-57-56-34(4)60(47)50)29-43(61)53-22-26-64-27-28-65-40-17-11-35(12-18-40)19-23-58-24-20-36-21-25-59(42(36)30-58)49(63)46(37-9-7-6-8-10-37)55-48(62)32(2)52-5/h11-18,32,36-37,41-42,46,52H,6-10,19-30H2,1-5H3,(H,53,61)(H,55,62)/t32-,36-,41-,42-,46?/m0/s1. The Labute approximate surface area is 398 Å². The number of fused-ring (bicyclic) bond motifs is 4. The monoisotopic (exact) mass is 939 g/mol. The van der Waals surface area contributed by atoms with Gasteiger partial charge in [0.1, 0.15) is 35.3 Å². The second-order valence-corrected chi connectivity index (χ2v) is 20.1. The quantitative estimate of drug-likeness (QED) is 0.0944. The molecule has 8 rings (SSSR count). The second-order valence-electron chi connectivity index (χ2n) is 18.4. The number of hydrogen-bond donors (Lipinski definition) is 3. The number of aromatic nitrogens is 3. The molecule has 1 saturated carbocycles. The highest BCUT2D eigenvalue weighted by molar-refractivity contribution is 7.15. The van der Waals surface area contributed by atoms with Crippen molar-refractivity contribution in [1.82, 2.24) is 40.5 Å². The van der Waals surface area contributed by atoms with Crippen molar-refractivity contribution >= 4 is 46.4 Å². The molecule has 4 aliphatic rings. The Morgan fingerprint density at radius 1 is 0.924 bits per heavy atom. The summed E-state index contributed by atoms with van der Waals surface area (Å²) in [5.74, 6) is 2.77. The number of carbonyl (C=O) groups excluding carboxylic acids is 3. The molecule has 66 heavy (non-hydrogen) atoms. The molecule has 0 spiro atoms. The predicted octanol–water partition coefficient (Wildman–Crippen LogP) is 6.54. The molecule has 1 unspecified atom stereocenters. The molecule has 0 bridgehead atoms. The van der Waals surface area contributed by atoms with Gasteiger partial charge in [0.05, 0.1) is 31.4 Å². The molecule has 14 nitrogen and oxygen atoms in total. The fourth-order valence-corrected chi connectivity index (χ4v) is 11.5. The van der Waals surface area contributed by atoms with E-state index in [0.29, 0.717) is 43.1 Å². The number of hydrogen-bond acceptors (Lipinski definition) is 11. The van der Waals surface area contributed by atoms with Gasteiger partial charge in [-0.15, -0.1) is 21.5 Å². The molecule has 2 aromatic carbocycles. The number of likely N-dealkylation sites (N-methyl/N-ethyl adjacent to an activating group) is 1. The summed E-state index contributed by atoms with van der Waals surface area (Å²) in [5, 5.41) is 19.8. The summed E-state index contributed by atoms with van der Waals surface area (Å²) in [6.07, 6.45) is 8.59. The Morgan fingerprint density at radius 3 is 2.44 bits per heavy atom. The zero-order valence-electron chi connectivity index (χ0n) is 39.1. The number of likely N-dealkylation sites (tertiary alicyclic amines) is 2. The Balaban J connectivity index is 0.764. The lowest BCUT2D eigenvalue weighted by molar-refractivity contribution is -0.140. The molecule has 16 heteroatoms. The maximum absolute atomic E-state index is 14.2. The largest absolute Gasteiger partial charge is 0.491 e. The van der Waals surface area contributed by atoms with Crippen molar-refractivity contribution in [1.29, 1.82) is 0 Å². The summed E-state index contributed by atoms with van der Waals surface area (Å²) in [4.78, 5) is 51.6. The van der Waals surface area contributed by atoms with E-state index in [1.165, 1.54) is 16.9 Å². The van der Waals surface area contributed by atoms with E-state index in [4.69, 9.17) is 26.1 Å². The zero-order valence-corrected chi connectivity index (χ0v) is 40.7. The third-order valence-corrected chi connectivity index (χ3v) is 15.6. The van der Waals surface area contributed by atoms with E-state index in [-0.39, 0.29) is 42.1 Å². The van der Waals surface area contributed by atoms with Gasteiger partial charge in [0.15, 0.2) is 5.82 Å². The van der Waals surface area contributed by atoms with Crippen molar-refractivity contribution in [2.75, 3.05) is 59.6 Å². The van der Waals surface area contributed by atoms with Gasteiger partial charge < -0.3 is 35.2 Å². The number of nitrogens with one attached hydrogen (secondary N) is 3. The molecule has 0 radical (unpaired) electrons. The highest BCUT2D eigenvalue weighted by atomic mass is 35.5. The summed E-state index contributed by atoms with van der Waals surface area (Å²) in [6.45, 7) is 13.1. The van der Waals surface area contributed by atoms with Crippen molar-refractivity contribution in [3.8, 4) is 10.8 Å². The maximum atomic E-state index is 14.2. The minimum atomic E-state index is -0.539. The number of ether oxygens (including phenoxy) is 2. The number of halogens is 1. The van der Waals surface area contributed by atoms with Gasteiger partial charge in [-0.1, -0.05) is 55.1 Å². The molecular weight excluding hydrogens is 874 g/mol. The molecule has 2 aromatic heterocycles. The summed E-state index contributed by atoms with van der Waals surface area (Å²) in [7, 11) is 1.78. The van der Waals surface area contributed by atoms with Gasteiger partial charge in [0.25, 0.3) is 0 Å². The molecule has 4 aromatic rings. The van der Waals surface area contributed by atoms with Crippen LogP contribution in [0.15, 0.2) is 53.5 Å². The molecule has 5 atom stereocenters. The number of piperidine rings is 1. The maximum Gasteiger partial charge on any atom is 0.245 e. The fourth-order valence-electron chi connectivity index (χ4n) is 10.1. The molecule has 2 saturated heterocycles. The van der Waals surface area contributed by atoms with Crippen LogP contribution in [0.2, 0.25) is 5.02 Å². The van der Waals surface area contributed by atoms with Crippen LogP contribution in [0.3, 0.4) is 0 Å². The lowest BCUT2D eigenvalue weighted by Crippen LogP contribution is -2.58. The minimum Gasteiger partial charge on any atom is -0.491 e. The van der Waals surface area contributed by atoms with Gasteiger partial charge in [0, 0.05) is 53.2 Å². The van der Waals surface area contributed by atoms with Gasteiger partial charge >= 0.3 is 0 Å². The van der Waals surface area contributed by atoms with E-state index in [0.717, 1.165) is 110 Å². The average molecular weight is 941 g/mol. The molecule has 5 heterocycles. The number of thiophene rings is 1. The first-order valence-corrected chi connectivity index (χ1v) is 25.1. The van der Waals surface area contributed by atoms with Gasteiger partial charge in [-0.25, -0.2) is 0 Å². The van der Waals surface area contributed by atoms with Gasteiger partial charge in [-0.2, -0.15) is 0 Å². The highest BCUT2D eigenvalue weighted by Crippen LogP contribution is 2.40. The van der Waals surface area contributed by atoms with E-state index in [2.05, 4.69) is 61.9 Å². The molecule has 3 fully saturated rings. The van der Waals surface area contributed by atoms with Crippen LogP contribution in [-0.2, 0) is 25.5 Å². The summed E-state index contributed by atoms with van der Waals surface area (Å²) in [5.41, 5.74) is 5.15. The first-order valence-electron chi connectivity index (χ1n) is 23.9. The highest BCUT2D eigenvalue weighted by Gasteiger charge is 2.44. The van der Waals surface area contributed by atoms with Crippen LogP contribution in [0.4, 0.5) is 0 Å². The summed E-state index contributed by atoms with van der Waals surface area (Å²) < 4.78 is 13.8. The Morgan fingerprint density at radius 2 is 1.68 bits per heavy atom. The van der Waals surface area contributed by atoms with Crippen molar-refractivity contribution in [3.63, 3.8) is 0 Å². The van der Waals surface area contributed by atoms with Crippen LogP contribution in [0.25, 0.3) is 5.00 Å². The fraction of sp³-hybridized carbons (Fsp3) is 0.560. The molecule has 3 amide bonds. The lowest BCUT2D eigenvalue weighted by atomic mass is 9.83. The lowest BCUT2D eigenvalue weighted by Gasteiger charge is -2.41. The Hall–Kier alpha value is -4.67. The van der Waals surface area contributed by atoms with Crippen LogP contribution in [-0.4, -0.2) is 126 Å². The molecule has 354 valence electrons. The second kappa shape index (κ2) is 22.0. The van der Waals surface area contributed by atoms with E-state index >= 15 is 0 Å². The number of rotatable bonds is 18. The number of benzene rings is 2. The predicted molar refractivity (Wildman–Crippen MR) is 259 cm³/mol. The SMILES string of the molecule is CN[C@@H](C)C(=O)NC(C(=O)N1CC[C@@H]2CCN(CCc3ccc(OCCOCCNC(=O)C[C@@H]4N=C(c5ccc(Cl)cc5)c5c(sc(C)c5C)-n5c(C)nnc54)cc3)C[C@@H]21)C1CCCCC1. The van der Waals surface area contributed by atoms with Crippen molar-refractivity contribution in [2.24, 2.45) is 16.8 Å². The molecule has 3 aliphatic heterocycles. The molecular formula is C50H66ClN9O5S. The van der Waals surface area contributed by atoms with Crippen molar-refractivity contribution in [2.45, 2.75) is 110 Å².